The number of rotatable bonds is 9. The molecule has 2 aromatic heterocycles. The Labute approximate surface area is 209 Å². The Bertz CT molecular complexity index is 1340. The first kappa shape index (κ1) is 25.4. The average Bonchev–Trinajstić information content (AvgIpc) is 3.34. The number of ketones is 1. The van der Waals surface area contributed by atoms with Gasteiger partial charge in [0.15, 0.2) is 11.7 Å². The fourth-order valence-electron chi connectivity index (χ4n) is 4.06. The zero-order chi connectivity index (χ0) is 25.2. The van der Waals surface area contributed by atoms with Gasteiger partial charge < -0.3 is 9.88 Å². The van der Waals surface area contributed by atoms with Crippen LogP contribution in [0.4, 0.5) is 14.6 Å². The maximum Gasteiger partial charge on any atom is 0.333 e. The lowest BCUT2D eigenvalue weighted by atomic mass is 10.1. The summed E-state index contributed by atoms with van der Waals surface area (Å²) in [5.74, 6) is -1.40. The maximum atomic E-state index is 14.6. The number of carbonyl (C=O) groups excluding carboxylic acids is 1. The molecule has 0 saturated heterocycles. The Morgan fingerprint density at radius 1 is 1.31 bits per heavy atom. The summed E-state index contributed by atoms with van der Waals surface area (Å²) in [6, 6.07) is 7.78. The molecule has 0 spiro atoms. The van der Waals surface area contributed by atoms with Gasteiger partial charge in [0.25, 0.3) is 0 Å². The number of alkyl halides is 1. The first-order valence-corrected chi connectivity index (χ1v) is 12.9. The van der Waals surface area contributed by atoms with Crippen LogP contribution in [-0.2, 0) is 21.0 Å². The maximum absolute atomic E-state index is 14.6. The standard InChI is InChI=1S/C22H22BrF2N5O4S/c23-16-3-1-2-13(4-16)9-30-10-15(7-20(30)25)21(31)17-8-27-12-28-22(17)29-19-6-14(5-18(19)24)11-34-35(26,32)33/h1-4,7-8,10,12,14,18-19H,5-6,9,11H2,(H2,26,32,33)(H,27,28,29). The number of carbonyl (C=O) groups is 1. The van der Waals surface area contributed by atoms with E-state index < -0.39 is 34.2 Å². The molecular weight excluding hydrogens is 548 g/mol. The van der Waals surface area contributed by atoms with Crippen molar-refractivity contribution in [2.75, 3.05) is 11.9 Å². The summed E-state index contributed by atoms with van der Waals surface area (Å²) < 4.78 is 57.9. The molecule has 2 heterocycles. The number of aromatic nitrogens is 3. The SMILES string of the molecule is NS(=O)(=O)OCC1CC(F)C(Nc2ncncc2C(=O)c2cc(F)n(Cc3cccc(Br)c3)c2)C1. The monoisotopic (exact) mass is 569 g/mol. The van der Waals surface area contributed by atoms with Gasteiger partial charge in [0.2, 0.25) is 0 Å². The topological polar surface area (TPSA) is 129 Å². The Balaban J connectivity index is 1.49. The molecule has 1 fully saturated rings. The van der Waals surface area contributed by atoms with E-state index in [1.807, 2.05) is 24.3 Å². The van der Waals surface area contributed by atoms with E-state index in [1.54, 1.807) is 0 Å². The Kier molecular flexibility index (Phi) is 7.59. The largest absolute Gasteiger partial charge is 0.364 e. The molecule has 0 radical (unpaired) electrons. The van der Waals surface area contributed by atoms with E-state index in [4.69, 9.17) is 5.14 Å². The molecule has 0 aliphatic heterocycles. The summed E-state index contributed by atoms with van der Waals surface area (Å²) in [4.78, 5) is 21.1. The highest BCUT2D eigenvalue weighted by Crippen LogP contribution is 2.32. The lowest BCUT2D eigenvalue weighted by molar-refractivity contribution is 0.103. The number of hydrogen-bond acceptors (Lipinski definition) is 7. The van der Waals surface area contributed by atoms with Crippen LogP contribution in [0, 0.1) is 11.9 Å². The van der Waals surface area contributed by atoms with Crippen molar-refractivity contribution in [3.05, 3.63) is 76.2 Å². The highest BCUT2D eigenvalue weighted by molar-refractivity contribution is 9.10. The summed E-state index contributed by atoms with van der Waals surface area (Å²) in [7, 11) is -4.12. The van der Waals surface area contributed by atoms with Crippen LogP contribution in [0.25, 0.3) is 0 Å². The molecule has 1 aliphatic rings. The smallest absolute Gasteiger partial charge is 0.333 e. The lowest BCUT2D eigenvalue weighted by Crippen LogP contribution is -2.27. The molecule has 0 bridgehead atoms. The molecule has 186 valence electrons. The van der Waals surface area contributed by atoms with Crippen molar-refractivity contribution in [1.29, 1.82) is 0 Å². The highest BCUT2D eigenvalue weighted by Gasteiger charge is 2.36. The van der Waals surface area contributed by atoms with Crippen LogP contribution in [0.2, 0.25) is 0 Å². The van der Waals surface area contributed by atoms with Crippen molar-refractivity contribution in [3.63, 3.8) is 0 Å². The van der Waals surface area contributed by atoms with Gasteiger partial charge in [0.1, 0.15) is 18.3 Å². The first-order valence-electron chi connectivity index (χ1n) is 10.6. The minimum absolute atomic E-state index is 0.0588. The Morgan fingerprint density at radius 3 is 2.86 bits per heavy atom. The van der Waals surface area contributed by atoms with Gasteiger partial charge in [-0.05, 0) is 36.5 Å². The molecular formula is C22H22BrF2N5O4S. The number of anilines is 1. The second kappa shape index (κ2) is 10.5. The third-order valence-corrected chi connectivity index (χ3v) is 6.64. The second-order valence-electron chi connectivity index (χ2n) is 8.31. The van der Waals surface area contributed by atoms with Crippen molar-refractivity contribution in [2.24, 2.45) is 11.1 Å². The van der Waals surface area contributed by atoms with E-state index in [0.717, 1.165) is 16.1 Å². The molecule has 0 amide bonds. The molecule has 13 heteroatoms. The number of nitrogens with two attached hydrogens (primary N) is 1. The average molecular weight is 570 g/mol. The van der Waals surface area contributed by atoms with E-state index in [0.29, 0.717) is 0 Å². The summed E-state index contributed by atoms with van der Waals surface area (Å²) in [5, 5.41) is 7.75. The van der Waals surface area contributed by atoms with Crippen LogP contribution in [0.3, 0.4) is 0 Å². The minimum Gasteiger partial charge on any atom is -0.364 e. The molecule has 1 aromatic carbocycles. The zero-order valence-corrected chi connectivity index (χ0v) is 20.7. The molecule has 1 aliphatic carbocycles. The lowest BCUT2D eigenvalue weighted by Gasteiger charge is -2.17. The molecule has 3 atom stereocenters. The van der Waals surface area contributed by atoms with Gasteiger partial charge in [-0.2, -0.15) is 12.8 Å². The summed E-state index contributed by atoms with van der Waals surface area (Å²) in [6.07, 6.45) is 2.87. The highest BCUT2D eigenvalue weighted by atomic mass is 79.9. The van der Waals surface area contributed by atoms with Gasteiger partial charge in [-0.1, -0.05) is 28.1 Å². The van der Waals surface area contributed by atoms with Gasteiger partial charge in [0.05, 0.1) is 18.2 Å². The quantitative estimate of drug-likeness (QED) is 0.378. The van der Waals surface area contributed by atoms with Crippen LogP contribution >= 0.6 is 15.9 Å². The molecule has 3 aromatic rings. The molecule has 3 unspecified atom stereocenters. The fraction of sp³-hybridized carbons (Fsp3) is 0.318. The second-order valence-corrected chi connectivity index (χ2v) is 10.4. The predicted molar refractivity (Wildman–Crippen MR) is 127 cm³/mol. The number of halogens is 3. The van der Waals surface area contributed by atoms with Crippen molar-refractivity contribution >= 4 is 37.8 Å². The van der Waals surface area contributed by atoms with Crippen molar-refractivity contribution < 1.29 is 26.2 Å². The van der Waals surface area contributed by atoms with E-state index in [9.17, 15) is 22.0 Å². The molecule has 3 N–H and O–H groups in total. The van der Waals surface area contributed by atoms with Gasteiger partial charge in [-0.15, -0.1) is 0 Å². The van der Waals surface area contributed by atoms with Crippen molar-refractivity contribution in [1.82, 2.24) is 14.5 Å². The third-order valence-electron chi connectivity index (χ3n) is 5.68. The predicted octanol–water partition coefficient (Wildman–Crippen LogP) is 3.21. The minimum atomic E-state index is -4.12. The van der Waals surface area contributed by atoms with Crippen LogP contribution in [0.5, 0.6) is 0 Å². The van der Waals surface area contributed by atoms with E-state index >= 15 is 0 Å². The van der Waals surface area contributed by atoms with E-state index in [-0.39, 0.29) is 48.9 Å². The van der Waals surface area contributed by atoms with Crippen molar-refractivity contribution in [3.8, 4) is 0 Å². The van der Waals surface area contributed by atoms with E-state index in [2.05, 4.69) is 35.4 Å². The third kappa shape index (κ3) is 6.48. The summed E-state index contributed by atoms with van der Waals surface area (Å²) >= 11 is 3.38. The van der Waals surface area contributed by atoms with Gasteiger partial charge in [-0.3, -0.25) is 8.98 Å². The normalized spacial score (nSPS) is 20.2. The zero-order valence-electron chi connectivity index (χ0n) is 18.3. The van der Waals surface area contributed by atoms with Crippen LogP contribution in [-0.4, -0.2) is 47.6 Å². The number of nitrogens with one attached hydrogen (secondary N) is 1. The number of hydrogen-bond donors (Lipinski definition) is 2. The van der Waals surface area contributed by atoms with Crippen LogP contribution in [0.1, 0.15) is 34.3 Å². The van der Waals surface area contributed by atoms with Gasteiger partial charge >= 0.3 is 10.3 Å². The number of benzene rings is 1. The summed E-state index contributed by atoms with van der Waals surface area (Å²) in [5.41, 5.74) is 0.996. The Morgan fingerprint density at radius 2 is 2.11 bits per heavy atom. The Hall–Kier alpha value is -2.74. The van der Waals surface area contributed by atoms with Crippen LogP contribution < -0.4 is 10.5 Å². The fourth-order valence-corrected chi connectivity index (χ4v) is 4.89. The molecule has 1 saturated carbocycles. The number of nitrogens with zero attached hydrogens (tertiary/aromatic N) is 3. The van der Waals surface area contributed by atoms with Crippen molar-refractivity contribution in [2.45, 2.75) is 31.6 Å². The summed E-state index contributed by atoms with van der Waals surface area (Å²) in [6.45, 7) is -0.0136. The van der Waals surface area contributed by atoms with Crippen LogP contribution in [0.15, 0.2) is 53.5 Å². The van der Waals surface area contributed by atoms with Gasteiger partial charge in [-0.25, -0.2) is 19.5 Å². The van der Waals surface area contributed by atoms with E-state index in [1.165, 1.54) is 23.3 Å². The molecule has 9 nitrogen and oxygen atoms in total. The molecule has 4 rings (SSSR count). The first-order chi connectivity index (χ1) is 16.6. The molecule has 35 heavy (non-hydrogen) atoms. The van der Waals surface area contributed by atoms with Gasteiger partial charge in [0, 0.05) is 35.0 Å².